The van der Waals surface area contributed by atoms with E-state index in [1.807, 2.05) is 24.4 Å². The van der Waals surface area contributed by atoms with Crippen LogP contribution in [-0.2, 0) is 6.54 Å². The number of likely N-dealkylation sites (N-methyl/N-ethyl adjacent to an activating group) is 1. The second-order valence-corrected chi connectivity index (χ2v) is 5.41. The van der Waals surface area contributed by atoms with Crippen LogP contribution >= 0.6 is 11.3 Å². The summed E-state index contributed by atoms with van der Waals surface area (Å²) in [5.41, 5.74) is 5.90. The zero-order chi connectivity index (χ0) is 13.8. The summed E-state index contributed by atoms with van der Waals surface area (Å²) in [4.78, 5) is 14.9. The molecule has 2 heterocycles. The first-order chi connectivity index (χ1) is 9.11. The van der Waals surface area contributed by atoms with Crippen molar-refractivity contribution < 1.29 is 4.79 Å². The number of hydrogen-bond donors (Lipinski definition) is 1. The van der Waals surface area contributed by atoms with E-state index < -0.39 is 0 Å². The largest absolute Gasteiger partial charge is 0.336 e. The van der Waals surface area contributed by atoms with E-state index in [9.17, 15) is 4.79 Å². The number of thiophene rings is 1. The van der Waals surface area contributed by atoms with Crippen molar-refractivity contribution in [3.8, 4) is 0 Å². The number of nitrogens with two attached hydrogens (primary N) is 1. The van der Waals surface area contributed by atoms with Gasteiger partial charge in [-0.3, -0.25) is 4.79 Å². The SMILES string of the molecule is CC(CN)N(C)C(=O)c1cn(Cc2cccs2)nn1. The molecule has 0 aliphatic carbocycles. The molecule has 0 saturated carbocycles. The first-order valence-electron chi connectivity index (χ1n) is 6.01. The third-order valence-electron chi connectivity index (χ3n) is 2.98. The Labute approximate surface area is 115 Å². The Kier molecular flexibility index (Phi) is 4.28. The number of amides is 1. The molecule has 0 spiro atoms. The molecule has 19 heavy (non-hydrogen) atoms. The molecule has 0 bridgehead atoms. The Hall–Kier alpha value is -1.73. The van der Waals surface area contributed by atoms with Gasteiger partial charge >= 0.3 is 0 Å². The van der Waals surface area contributed by atoms with Crippen molar-refractivity contribution in [3.05, 3.63) is 34.3 Å². The van der Waals surface area contributed by atoms with Gasteiger partial charge < -0.3 is 10.6 Å². The molecule has 2 rings (SSSR count). The Morgan fingerprint density at radius 1 is 1.63 bits per heavy atom. The number of nitrogens with zero attached hydrogens (tertiary/aromatic N) is 4. The molecule has 0 aliphatic heterocycles. The molecule has 2 aromatic heterocycles. The summed E-state index contributed by atoms with van der Waals surface area (Å²) < 4.78 is 1.67. The maximum atomic E-state index is 12.1. The van der Waals surface area contributed by atoms with Crippen LogP contribution in [0.1, 0.15) is 22.3 Å². The smallest absolute Gasteiger partial charge is 0.276 e. The highest BCUT2D eigenvalue weighted by Gasteiger charge is 2.19. The van der Waals surface area contributed by atoms with Gasteiger partial charge in [0.1, 0.15) is 0 Å². The van der Waals surface area contributed by atoms with Gasteiger partial charge in [0, 0.05) is 24.5 Å². The molecular formula is C12H17N5OS. The highest BCUT2D eigenvalue weighted by Crippen LogP contribution is 2.10. The van der Waals surface area contributed by atoms with Crippen LogP contribution in [0, 0.1) is 0 Å². The van der Waals surface area contributed by atoms with Crippen molar-refractivity contribution in [1.29, 1.82) is 0 Å². The van der Waals surface area contributed by atoms with Crippen LogP contribution in [0.5, 0.6) is 0 Å². The minimum atomic E-state index is -0.157. The number of hydrogen-bond acceptors (Lipinski definition) is 5. The summed E-state index contributed by atoms with van der Waals surface area (Å²) in [6.45, 7) is 2.95. The van der Waals surface area contributed by atoms with E-state index in [1.165, 1.54) is 4.88 Å². The summed E-state index contributed by atoms with van der Waals surface area (Å²) in [5.74, 6) is -0.157. The maximum absolute atomic E-state index is 12.1. The summed E-state index contributed by atoms with van der Waals surface area (Å²) >= 11 is 1.65. The lowest BCUT2D eigenvalue weighted by Crippen LogP contribution is -2.39. The van der Waals surface area contributed by atoms with E-state index in [2.05, 4.69) is 10.3 Å². The monoisotopic (exact) mass is 279 g/mol. The Bertz CT molecular complexity index is 536. The van der Waals surface area contributed by atoms with E-state index in [1.54, 1.807) is 34.2 Å². The fourth-order valence-corrected chi connectivity index (χ4v) is 2.27. The lowest BCUT2D eigenvalue weighted by molar-refractivity contribution is 0.0742. The standard InChI is InChI=1S/C12H17N5OS/c1-9(6-13)16(2)12(18)11-8-17(15-14-11)7-10-4-3-5-19-10/h3-5,8-9H,6-7,13H2,1-2H3. The zero-order valence-electron chi connectivity index (χ0n) is 11.0. The summed E-state index contributed by atoms with van der Waals surface area (Å²) in [5, 5.41) is 9.90. The van der Waals surface area contributed by atoms with Crippen LogP contribution in [0.25, 0.3) is 0 Å². The maximum Gasteiger partial charge on any atom is 0.276 e. The minimum Gasteiger partial charge on any atom is -0.336 e. The third kappa shape index (κ3) is 3.18. The van der Waals surface area contributed by atoms with E-state index in [-0.39, 0.29) is 11.9 Å². The average molecular weight is 279 g/mol. The third-order valence-corrected chi connectivity index (χ3v) is 3.84. The van der Waals surface area contributed by atoms with Crippen molar-refractivity contribution in [1.82, 2.24) is 19.9 Å². The molecule has 0 aliphatic rings. The fraction of sp³-hybridized carbons (Fsp3) is 0.417. The Balaban J connectivity index is 2.06. The van der Waals surface area contributed by atoms with E-state index in [0.717, 1.165) is 0 Å². The predicted octanol–water partition coefficient (Wildman–Crippen LogP) is 0.807. The summed E-state index contributed by atoms with van der Waals surface area (Å²) in [7, 11) is 1.72. The van der Waals surface area contributed by atoms with Crippen LogP contribution in [0.4, 0.5) is 0 Å². The molecule has 1 unspecified atom stereocenters. The lowest BCUT2D eigenvalue weighted by atomic mass is 10.3. The molecule has 6 nitrogen and oxygen atoms in total. The van der Waals surface area contributed by atoms with Crippen LogP contribution in [0.15, 0.2) is 23.7 Å². The number of carbonyl (C=O) groups excluding carboxylic acids is 1. The van der Waals surface area contributed by atoms with Crippen molar-refractivity contribution >= 4 is 17.2 Å². The van der Waals surface area contributed by atoms with Gasteiger partial charge in [0.2, 0.25) is 0 Å². The predicted molar refractivity (Wildman–Crippen MR) is 74.1 cm³/mol. The zero-order valence-corrected chi connectivity index (χ0v) is 11.8. The van der Waals surface area contributed by atoms with Gasteiger partial charge in [0.25, 0.3) is 5.91 Å². The van der Waals surface area contributed by atoms with Crippen LogP contribution < -0.4 is 5.73 Å². The molecule has 2 N–H and O–H groups in total. The second kappa shape index (κ2) is 5.94. The number of carbonyl (C=O) groups is 1. The van der Waals surface area contributed by atoms with Crippen molar-refractivity contribution in [2.75, 3.05) is 13.6 Å². The fourth-order valence-electron chi connectivity index (χ4n) is 1.57. The number of aromatic nitrogens is 3. The van der Waals surface area contributed by atoms with Crippen molar-refractivity contribution in [2.24, 2.45) is 5.73 Å². The normalized spacial score (nSPS) is 12.4. The topological polar surface area (TPSA) is 77.0 Å². The van der Waals surface area contributed by atoms with Gasteiger partial charge in [-0.2, -0.15) is 0 Å². The van der Waals surface area contributed by atoms with Gasteiger partial charge in [0.15, 0.2) is 5.69 Å². The van der Waals surface area contributed by atoms with E-state index in [0.29, 0.717) is 18.8 Å². The van der Waals surface area contributed by atoms with E-state index in [4.69, 9.17) is 5.73 Å². The van der Waals surface area contributed by atoms with Gasteiger partial charge in [-0.25, -0.2) is 4.68 Å². The summed E-state index contributed by atoms with van der Waals surface area (Å²) in [6, 6.07) is 3.99. The summed E-state index contributed by atoms with van der Waals surface area (Å²) in [6.07, 6.45) is 1.67. The molecule has 1 amide bonds. The van der Waals surface area contributed by atoms with Gasteiger partial charge in [-0.1, -0.05) is 11.3 Å². The molecule has 2 aromatic rings. The molecule has 1 atom stereocenters. The molecule has 102 valence electrons. The first-order valence-corrected chi connectivity index (χ1v) is 6.89. The second-order valence-electron chi connectivity index (χ2n) is 4.38. The highest BCUT2D eigenvalue weighted by atomic mass is 32.1. The molecule has 0 saturated heterocycles. The van der Waals surface area contributed by atoms with Gasteiger partial charge in [-0.15, -0.1) is 16.4 Å². The first kappa shape index (κ1) is 13.7. The molecule has 0 radical (unpaired) electrons. The molecule has 0 aromatic carbocycles. The Morgan fingerprint density at radius 2 is 2.42 bits per heavy atom. The van der Waals surface area contributed by atoms with Gasteiger partial charge in [0.05, 0.1) is 12.7 Å². The van der Waals surface area contributed by atoms with Crippen LogP contribution in [0.3, 0.4) is 0 Å². The minimum absolute atomic E-state index is 0.0186. The van der Waals surface area contributed by atoms with Crippen molar-refractivity contribution in [2.45, 2.75) is 19.5 Å². The van der Waals surface area contributed by atoms with E-state index >= 15 is 0 Å². The molecule has 0 fully saturated rings. The molecular weight excluding hydrogens is 262 g/mol. The van der Waals surface area contributed by atoms with Crippen LogP contribution in [0.2, 0.25) is 0 Å². The lowest BCUT2D eigenvalue weighted by Gasteiger charge is -2.22. The number of rotatable bonds is 5. The van der Waals surface area contributed by atoms with Crippen LogP contribution in [-0.4, -0.2) is 45.4 Å². The quantitative estimate of drug-likeness (QED) is 0.878. The Morgan fingerprint density at radius 3 is 3.05 bits per heavy atom. The van der Waals surface area contributed by atoms with Gasteiger partial charge in [-0.05, 0) is 18.4 Å². The molecule has 7 heteroatoms. The average Bonchev–Trinajstić information content (AvgIpc) is 3.08. The van der Waals surface area contributed by atoms with Crippen molar-refractivity contribution in [3.63, 3.8) is 0 Å². The highest BCUT2D eigenvalue weighted by molar-refractivity contribution is 7.09.